The summed E-state index contributed by atoms with van der Waals surface area (Å²) < 4.78 is 0. The van der Waals surface area contributed by atoms with E-state index < -0.39 is 23.9 Å². The number of hydrogen-bond acceptors (Lipinski definition) is 12. The van der Waals surface area contributed by atoms with Gasteiger partial charge in [-0.1, -0.05) is 27.7 Å². The summed E-state index contributed by atoms with van der Waals surface area (Å²) in [5.74, 6) is -4.48. The number of allylic oxidation sites excluding steroid dienone is 8. The molecule has 85 heavy (non-hydrogen) atoms. The molecule has 6 aromatic heterocycles. The number of aryl methyl sites for hydroxylation is 8. The Bertz CT molecular complexity index is 3980. The Balaban J connectivity index is 0.000000219. The summed E-state index contributed by atoms with van der Waals surface area (Å²) in [5, 5.41) is 45.7. The van der Waals surface area contributed by atoms with Crippen LogP contribution in [0.2, 0.25) is 0 Å². The molecule has 0 unspecified atom stereocenters. The molecule has 10 rings (SSSR count). The van der Waals surface area contributed by atoms with E-state index in [1.165, 1.54) is 11.1 Å². The van der Waals surface area contributed by atoms with Gasteiger partial charge in [0.1, 0.15) is 0 Å². The summed E-state index contributed by atoms with van der Waals surface area (Å²) in [6.45, 7) is 24.8. The van der Waals surface area contributed by atoms with Gasteiger partial charge in [0.2, 0.25) is 0 Å². The van der Waals surface area contributed by atoms with E-state index in [0.29, 0.717) is 11.4 Å². The van der Waals surface area contributed by atoms with Crippen molar-refractivity contribution in [1.82, 2.24) is 39.9 Å². The Morgan fingerprint density at radius 1 is 0.318 bits per heavy atom. The maximum atomic E-state index is 11.4. The number of carboxylic acids is 4. The van der Waals surface area contributed by atoms with Crippen molar-refractivity contribution < 1.29 is 59.1 Å². The summed E-state index contributed by atoms with van der Waals surface area (Å²) >= 11 is 0. The molecular formula is C68H72N8O8Ru. The quantitative estimate of drug-likeness (QED) is 0.0659. The molecule has 0 fully saturated rings. The minimum absolute atomic E-state index is 0. The Kier molecular flexibility index (Phi) is 19.1. The second kappa shape index (κ2) is 25.9. The van der Waals surface area contributed by atoms with Crippen LogP contribution in [0.3, 0.4) is 0 Å². The molecule has 0 spiro atoms. The van der Waals surface area contributed by atoms with Crippen LogP contribution in [0, 0.1) is 27.7 Å². The average Bonchev–Trinajstić information content (AvgIpc) is 1.94. The van der Waals surface area contributed by atoms with Crippen molar-refractivity contribution in [3.63, 3.8) is 0 Å². The molecule has 440 valence electrons. The molecule has 4 aliphatic heterocycles. The van der Waals surface area contributed by atoms with Gasteiger partial charge in [-0.15, -0.1) is 0 Å². The fraction of sp³-hybridized carbons (Fsp3) is 0.353. The third kappa shape index (κ3) is 12.7. The van der Waals surface area contributed by atoms with Crippen LogP contribution in [-0.2, 0) is 64.3 Å². The van der Waals surface area contributed by atoms with E-state index in [1.807, 2.05) is 64.1 Å². The SMILES string of the molecule is CCC1=C(C)c2cc3[nH]c(cc4nc(cc5[nH]c(cc1n2)c(C)c5CCC(=O)[O-])C(CCC(=O)[O-])=C4C)c(C)c3CC.CCC1=C(C)c2cc3[nH]c(cc4nc(cc5[nH]c(cc1n2)c(C)c5CCC(=O)[O-])C(CCC(=O)[O-])=C4C)c(C)c3CC.[Ru+4]. The summed E-state index contributed by atoms with van der Waals surface area (Å²) in [6, 6.07) is 16.2. The van der Waals surface area contributed by atoms with Gasteiger partial charge in [-0.05, 0) is 270 Å². The van der Waals surface area contributed by atoms with Crippen molar-refractivity contribution in [3.8, 4) is 0 Å². The van der Waals surface area contributed by atoms with Gasteiger partial charge < -0.3 is 59.5 Å². The van der Waals surface area contributed by atoms with Gasteiger partial charge in [0, 0.05) is 68.0 Å². The standard InChI is InChI=1S/2C34H38N4O4.Ru/c2*1-7-21-17(3)25-13-26-19(5)23(9-11-33(39)40)31(37-26)16-32-24(10-12-34(41)42)20(6)28(38-32)15-30-22(8-2)18(4)27(36-30)14-29(21)35-25;/h2*13-16,35,38H,7-12H2,1-6H3,(H,39,40)(H,41,42);/q;;+4/p-4. The maximum Gasteiger partial charge on any atom is 4.00 e. The predicted molar refractivity (Wildman–Crippen MR) is 325 cm³/mol. The largest absolute Gasteiger partial charge is 4.00 e. The number of nitrogens with zero attached hydrogens (tertiary/aromatic N) is 4. The van der Waals surface area contributed by atoms with Crippen LogP contribution < -0.4 is 20.4 Å². The number of rotatable bonds is 16. The number of aliphatic carboxylic acids is 4. The van der Waals surface area contributed by atoms with Crippen LogP contribution in [0.15, 0.2) is 48.5 Å². The van der Waals surface area contributed by atoms with Gasteiger partial charge in [-0.3, -0.25) is 0 Å². The zero-order valence-corrected chi connectivity index (χ0v) is 52.3. The number of carboxylic acid groups (broad SMARTS) is 4. The van der Waals surface area contributed by atoms with Crippen LogP contribution in [0.1, 0.15) is 197 Å². The number of carbonyl (C=O) groups is 4. The van der Waals surface area contributed by atoms with Crippen molar-refractivity contribution in [3.05, 3.63) is 139 Å². The summed E-state index contributed by atoms with van der Waals surface area (Å²) in [4.78, 5) is 80.0. The van der Waals surface area contributed by atoms with E-state index in [9.17, 15) is 39.6 Å². The zero-order valence-electron chi connectivity index (χ0n) is 50.5. The molecule has 16 nitrogen and oxygen atoms in total. The molecule has 0 aliphatic carbocycles. The zero-order chi connectivity index (χ0) is 60.6. The van der Waals surface area contributed by atoms with Gasteiger partial charge in [0.25, 0.3) is 0 Å². The average molecular weight is 1230 g/mol. The van der Waals surface area contributed by atoms with Crippen molar-refractivity contribution >= 4 is 113 Å². The summed E-state index contributed by atoms with van der Waals surface area (Å²) in [7, 11) is 0. The Morgan fingerprint density at radius 2 is 0.541 bits per heavy atom. The van der Waals surface area contributed by atoms with Gasteiger partial charge in [0.15, 0.2) is 0 Å². The normalized spacial score (nSPS) is 13.1. The van der Waals surface area contributed by atoms with Crippen molar-refractivity contribution in [2.75, 3.05) is 0 Å². The predicted octanol–water partition coefficient (Wildman–Crippen LogP) is 9.95. The second-order valence-corrected chi connectivity index (χ2v) is 22.2. The van der Waals surface area contributed by atoms with E-state index in [4.69, 9.17) is 19.9 Å². The van der Waals surface area contributed by atoms with Crippen molar-refractivity contribution in [1.29, 1.82) is 0 Å². The van der Waals surface area contributed by atoms with Gasteiger partial charge in [0.05, 0.1) is 45.6 Å². The van der Waals surface area contributed by atoms with E-state index in [2.05, 4.69) is 87.5 Å². The minimum Gasteiger partial charge on any atom is -0.550 e. The third-order valence-corrected chi connectivity index (χ3v) is 17.3. The van der Waals surface area contributed by atoms with Crippen LogP contribution in [0.25, 0.3) is 88.7 Å². The number of carbonyl (C=O) groups excluding carboxylic acids is 4. The number of fused-ring (bicyclic) bond motifs is 16. The van der Waals surface area contributed by atoms with E-state index in [1.54, 1.807) is 0 Å². The number of nitrogens with one attached hydrogen (secondary N) is 4. The molecule has 0 radical (unpaired) electrons. The summed E-state index contributed by atoms with van der Waals surface area (Å²) in [6.07, 6.45) is 3.96. The van der Waals surface area contributed by atoms with Crippen molar-refractivity contribution in [2.24, 2.45) is 0 Å². The Morgan fingerprint density at radius 3 is 0.824 bits per heavy atom. The molecule has 0 aromatic carbocycles. The molecule has 0 saturated heterocycles. The fourth-order valence-electron chi connectivity index (χ4n) is 12.4. The Hall–Kier alpha value is -8.30. The first-order valence-electron chi connectivity index (χ1n) is 29.1. The summed E-state index contributed by atoms with van der Waals surface area (Å²) in [5.41, 5.74) is 29.8. The molecule has 16 bridgehead atoms. The monoisotopic (exact) mass is 1230 g/mol. The van der Waals surface area contributed by atoms with Crippen LogP contribution in [-0.4, -0.2) is 63.7 Å². The molecule has 6 aromatic rings. The minimum atomic E-state index is -1.12. The third-order valence-electron chi connectivity index (χ3n) is 17.3. The van der Waals surface area contributed by atoms with E-state index in [0.717, 1.165) is 182 Å². The number of aromatic amines is 4. The molecule has 10 heterocycles. The van der Waals surface area contributed by atoms with Gasteiger partial charge in [-0.25, -0.2) is 19.9 Å². The Labute approximate surface area is 507 Å². The van der Waals surface area contributed by atoms with Gasteiger partial charge in [-0.2, -0.15) is 0 Å². The molecule has 0 amide bonds. The smallest absolute Gasteiger partial charge is 0.550 e. The van der Waals surface area contributed by atoms with Crippen LogP contribution in [0.5, 0.6) is 0 Å². The van der Waals surface area contributed by atoms with E-state index >= 15 is 0 Å². The number of aromatic nitrogens is 8. The van der Waals surface area contributed by atoms with Gasteiger partial charge >= 0.3 is 19.5 Å². The first-order chi connectivity index (χ1) is 40.0. The fourth-order valence-corrected chi connectivity index (χ4v) is 12.4. The molecule has 4 aliphatic rings. The van der Waals surface area contributed by atoms with Crippen LogP contribution >= 0.6 is 0 Å². The molecule has 0 atom stereocenters. The molecule has 4 N–H and O–H groups in total. The maximum absolute atomic E-state index is 11.4. The second-order valence-electron chi connectivity index (χ2n) is 22.2. The number of H-pyrrole nitrogens is 4. The van der Waals surface area contributed by atoms with Crippen molar-refractivity contribution in [2.45, 2.75) is 160 Å². The molecular weight excluding hydrogens is 1160 g/mol. The molecule has 17 heteroatoms. The van der Waals surface area contributed by atoms with E-state index in [-0.39, 0.29) is 70.8 Å². The molecule has 0 saturated carbocycles. The number of hydrogen-bond donors (Lipinski definition) is 4. The topological polar surface area (TPSA) is 275 Å². The van der Waals surface area contributed by atoms with Crippen LogP contribution in [0.4, 0.5) is 0 Å². The first-order valence-corrected chi connectivity index (χ1v) is 29.1. The first kappa shape index (κ1) is 62.7.